The maximum absolute atomic E-state index is 14.0. The quantitative estimate of drug-likeness (QED) is 0.629. The summed E-state index contributed by atoms with van der Waals surface area (Å²) in [7, 11) is -3.97. The van der Waals surface area contributed by atoms with Gasteiger partial charge in [-0.15, -0.1) is 0 Å². The zero-order valence-electron chi connectivity index (χ0n) is 20.6. The number of amides is 4. The molecule has 0 aliphatic carbocycles. The normalized spacial score (nSPS) is 19.9. The van der Waals surface area contributed by atoms with Crippen LogP contribution in [0, 0.1) is 22.7 Å². The third-order valence-corrected chi connectivity index (χ3v) is 7.73. The van der Waals surface area contributed by atoms with E-state index in [-0.39, 0.29) is 58.1 Å². The minimum absolute atomic E-state index is 0.0268. The molecule has 38 heavy (non-hydrogen) atoms. The molecule has 1 saturated heterocycles. The Morgan fingerprint density at radius 3 is 2.50 bits per heavy atom. The number of hydrogen-bond donors (Lipinski definition) is 1. The number of nitriles is 2. The number of aliphatic hydroxyl groups is 1. The smallest absolute Gasteiger partial charge is 0.337 e. The second kappa shape index (κ2) is 10.2. The van der Waals surface area contributed by atoms with Gasteiger partial charge in [0.1, 0.15) is 12.7 Å². The first-order chi connectivity index (χ1) is 18.0. The minimum Gasteiger partial charge on any atom is -0.391 e. The molecule has 0 aromatic heterocycles. The largest absolute Gasteiger partial charge is 0.391 e. The summed E-state index contributed by atoms with van der Waals surface area (Å²) in [6.07, 6.45) is 0.410. The number of anilines is 1. The summed E-state index contributed by atoms with van der Waals surface area (Å²) < 4.78 is 39.0. The number of rotatable bonds is 4. The van der Waals surface area contributed by atoms with E-state index in [1.807, 2.05) is 12.1 Å². The highest BCUT2D eigenvalue weighted by Crippen LogP contribution is 2.42. The summed E-state index contributed by atoms with van der Waals surface area (Å²) in [5, 5.41) is 29.6. The molecule has 12 heteroatoms. The number of allylic oxidation sites excluding steroid dienone is 1. The number of urea groups is 2. The van der Waals surface area contributed by atoms with Crippen LogP contribution in [-0.4, -0.2) is 60.8 Å². The van der Waals surface area contributed by atoms with E-state index >= 15 is 0 Å². The molecule has 2 aromatic rings. The van der Waals surface area contributed by atoms with E-state index in [0.717, 1.165) is 22.1 Å². The molecule has 0 bridgehead atoms. The van der Waals surface area contributed by atoms with Crippen LogP contribution in [0.3, 0.4) is 0 Å². The molecule has 2 aliphatic heterocycles. The van der Waals surface area contributed by atoms with Gasteiger partial charge >= 0.3 is 12.1 Å². The molecule has 4 rings (SSSR count). The van der Waals surface area contributed by atoms with Crippen molar-refractivity contribution < 1.29 is 27.5 Å². The molecule has 2 aliphatic rings. The zero-order valence-corrected chi connectivity index (χ0v) is 21.4. The van der Waals surface area contributed by atoms with E-state index in [2.05, 4.69) is 0 Å². The average molecular weight is 538 g/mol. The average Bonchev–Trinajstić information content (AvgIpc) is 3.33. The molecule has 0 unspecified atom stereocenters. The van der Waals surface area contributed by atoms with Gasteiger partial charge in [0.25, 0.3) is 0 Å². The van der Waals surface area contributed by atoms with Crippen LogP contribution in [0.1, 0.15) is 36.1 Å². The third kappa shape index (κ3) is 4.72. The van der Waals surface area contributed by atoms with Crippen molar-refractivity contribution in [3.8, 4) is 12.1 Å². The summed E-state index contributed by atoms with van der Waals surface area (Å²) in [5.74, 6) is 0. The van der Waals surface area contributed by atoms with Crippen molar-refractivity contribution in [3.05, 3.63) is 70.4 Å². The molecule has 0 radical (unpaired) electrons. The number of carbonyl (C=O) groups excluding carboxylic acids is 2. The number of sulfone groups is 1. The van der Waals surface area contributed by atoms with Gasteiger partial charge in [0.05, 0.1) is 40.0 Å². The molecule has 1 N–H and O–H groups in total. The Kier molecular flexibility index (Phi) is 7.22. The summed E-state index contributed by atoms with van der Waals surface area (Å²) >= 11 is 0. The lowest BCUT2D eigenvalue weighted by molar-refractivity contribution is 0.140. The number of nitrogens with zero attached hydrogens (tertiary/aromatic N) is 5. The van der Waals surface area contributed by atoms with Crippen LogP contribution >= 0.6 is 0 Å². The molecule has 2 aromatic carbocycles. The Morgan fingerprint density at radius 2 is 1.92 bits per heavy atom. The third-order valence-electron chi connectivity index (χ3n) is 6.57. The van der Waals surface area contributed by atoms with Gasteiger partial charge in [0.15, 0.2) is 9.84 Å². The number of β-amino-alcohol motifs (C(OH)–C–C–N with tert-alkyl or cyclic N) is 1. The van der Waals surface area contributed by atoms with Gasteiger partial charge in [-0.3, -0.25) is 4.90 Å². The summed E-state index contributed by atoms with van der Waals surface area (Å²) in [6, 6.07) is 10.6. The number of benzene rings is 2. The molecule has 4 amide bonds. The van der Waals surface area contributed by atoms with Gasteiger partial charge in [-0.1, -0.05) is 18.2 Å². The molecular weight excluding hydrogens is 513 g/mol. The molecule has 2 heterocycles. The SMILES string of the molecule is CC1=C(C#N)[C@@H](c2ccc(C#N)cc2S(C)(=O)=O)N(C(=O)N2CC[C@@H](O)C2)C(=O)N1c1cccc(CF)c1. The van der Waals surface area contributed by atoms with Gasteiger partial charge in [0.2, 0.25) is 0 Å². The van der Waals surface area contributed by atoms with Crippen LogP contribution in [0.5, 0.6) is 0 Å². The number of imide groups is 1. The van der Waals surface area contributed by atoms with E-state index in [9.17, 15) is 38.0 Å². The minimum atomic E-state index is -3.97. The summed E-state index contributed by atoms with van der Waals surface area (Å²) in [4.78, 5) is 30.7. The first kappa shape index (κ1) is 26.8. The predicted molar refractivity (Wildman–Crippen MR) is 134 cm³/mol. The maximum atomic E-state index is 14.0. The Bertz CT molecular complexity index is 1540. The monoisotopic (exact) mass is 537 g/mol. The van der Waals surface area contributed by atoms with E-state index in [1.165, 1.54) is 48.2 Å². The topological polar surface area (TPSA) is 146 Å². The van der Waals surface area contributed by atoms with Crippen LogP contribution in [0.2, 0.25) is 0 Å². The first-order valence-electron chi connectivity index (χ1n) is 11.6. The van der Waals surface area contributed by atoms with Crippen LogP contribution in [0.25, 0.3) is 0 Å². The fraction of sp³-hybridized carbons (Fsp3) is 0.308. The molecular formula is C26H24FN5O5S. The van der Waals surface area contributed by atoms with Crippen molar-refractivity contribution in [2.75, 3.05) is 24.2 Å². The molecule has 196 valence electrons. The fourth-order valence-electron chi connectivity index (χ4n) is 4.74. The molecule has 2 atom stereocenters. The number of aliphatic hydroxyl groups excluding tert-OH is 1. The number of hydrogen-bond acceptors (Lipinski definition) is 7. The van der Waals surface area contributed by atoms with Crippen LogP contribution < -0.4 is 4.90 Å². The van der Waals surface area contributed by atoms with Gasteiger partial charge in [-0.05, 0) is 48.7 Å². The Morgan fingerprint density at radius 1 is 1.18 bits per heavy atom. The predicted octanol–water partition coefficient (Wildman–Crippen LogP) is 3.40. The fourth-order valence-corrected chi connectivity index (χ4v) is 5.69. The van der Waals surface area contributed by atoms with Crippen molar-refractivity contribution in [2.45, 2.75) is 37.1 Å². The van der Waals surface area contributed by atoms with Gasteiger partial charge in [0, 0.05) is 25.0 Å². The second-order valence-electron chi connectivity index (χ2n) is 9.11. The van der Waals surface area contributed by atoms with E-state index in [0.29, 0.717) is 0 Å². The Labute approximate surface area is 219 Å². The highest BCUT2D eigenvalue weighted by molar-refractivity contribution is 7.90. The summed E-state index contributed by atoms with van der Waals surface area (Å²) in [6.45, 7) is 0.773. The van der Waals surface area contributed by atoms with Gasteiger partial charge < -0.3 is 10.0 Å². The zero-order chi connectivity index (χ0) is 27.8. The lowest BCUT2D eigenvalue weighted by Gasteiger charge is -2.42. The van der Waals surface area contributed by atoms with E-state index < -0.39 is 40.7 Å². The molecule has 0 saturated carbocycles. The van der Waals surface area contributed by atoms with Crippen molar-refractivity contribution in [1.29, 1.82) is 10.5 Å². The lowest BCUT2D eigenvalue weighted by Crippen LogP contribution is -2.55. The van der Waals surface area contributed by atoms with Crippen molar-refractivity contribution >= 4 is 27.6 Å². The number of halogens is 1. The van der Waals surface area contributed by atoms with Crippen LogP contribution in [0.4, 0.5) is 19.7 Å². The molecule has 0 spiro atoms. The van der Waals surface area contributed by atoms with Crippen molar-refractivity contribution in [1.82, 2.24) is 9.80 Å². The maximum Gasteiger partial charge on any atom is 0.337 e. The lowest BCUT2D eigenvalue weighted by atomic mass is 9.93. The Balaban J connectivity index is 2.00. The van der Waals surface area contributed by atoms with Gasteiger partial charge in [-0.2, -0.15) is 10.5 Å². The van der Waals surface area contributed by atoms with Crippen LogP contribution in [-0.2, 0) is 16.5 Å². The second-order valence-corrected chi connectivity index (χ2v) is 11.1. The summed E-state index contributed by atoms with van der Waals surface area (Å²) in [5.41, 5.74) is 0.555. The van der Waals surface area contributed by atoms with Crippen LogP contribution in [0.15, 0.2) is 58.6 Å². The van der Waals surface area contributed by atoms with Gasteiger partial charge in [-0.25, -0.2) is 27.3 Å². The van der Waals surface area contributed by atoms with Crippen molar-refractivity contribution in [2.24, 2.45) is 0 Å². The number of carbonyl (C=O) groups is 2. The van der Waals surface area contributed by atoms with E-state index in [1.54, 1.807) is 0 Å². The highest BCUT2D eigenvalue weighted by atomic mass is 32.2. The molecule has 1 fully saturated rings. The number of likely N-dealkylation sites (tertiary alicyclic amines) is 1. The highest BCUT2D eigenvalue weighted by Gasteiger charge is 2.47. The van der Waals surface area contributed by atoms with E-state index in [4.69, 9.17) is 0 Å². The standard InChI is InChI=1S/C26H24FN5O5S/c1-16-22(14-29)24(21-7-6-18(13-28)11-23(21)38(2,36)37)32(25(34)30-9-8-20(33)15-30)26(35)31(16)19-5-3-4-17(10-19)12-27/h3-7,10-11,20,24,33H,8-9,12,15H2,1-2H3/t20-,24-/m1/s1. The van der Waals surface area contributed by atoms with Crippen molar-refractivity contribution in [3.63, 3.8) is 0 Å². The number of alkyl halides is 1. The Hall–Kier alpha value is -4.26. The molecule has 10 nitrogen and oxygen atoms in total. The first-order valence-corrected chi connectivity index (χ1v) is 13.5.